The topological polar surface area (TPSA) is 101 Å². The number of ether oxygens (including phenoxy) is 3. The molecule has 0 aromatic carbocycles. The van der Waals surface area contributed by atoms with Crippen molar-refractivity contribution in [3.63, 3.8) is 0 Å². The number of nitrogens with two attached hydrogens (primary N) is 1. The summed E-state index contributed by atoms with van der Waals surface area (Å²) in [6.45, 7) is -0.572. The van der Waals surface area contributed by atoms with Gasteiger partial charge in [-0.25, -0.2) is 9.37 Å². The first-order chi connectivity index (χ1) is 11.7. The van der Waals surface area contributed by atoms with Crippen LogP contribution in [0.15, 0.2) is 6.33 Å². The van der Waals surface area contributed by atoms with Gasteiger partial charge in [-0.2, -0.15) is 9.97 Å². The predicted molar refractivity (Wildman–Crippen MR) is 81.2 cm³/mol. The van der Waals surface area contributed by atoms with Crippen molar-refractivity contribution in [2.24, 2.45) is 0 Å². The van der Waals surface area contributed by atoms with Gasteiger partial charge in [0.25, 0.3) is 0 Å². The third-order valence-corrected chi connectivity index (χ3v) is 4.95. The summed E-state index contributed by atoms with van der Waals surface area (Å²) in [6, 6.07) is 0.252. The number of nitrogen functional groups attached to an aromatic ring is 1. The molecule has 0 bridgehead atoms. The first-order valence-electron chi connectivity index (χ1n) is 8.28. The van der Waals surface area contributed by atoms with Crippen LogP contribution in [0.25, 0.3) is 11.2 Å². The zero-order valence-electron chi connectivity index (χ0n) is 13.0. The number of fused-ring (bicyclic) bond motifs is 2. The summed E-state index contributed by atoms with van der Waals surface area (Å²) < 4.78 is 31.8. The number of aromatic nitrogens is 4. The lowest BCUT2D eigenvalue weighted by atomic mass is 10.2. The fourth-order valence-electron chi connectivity index (χ4n) is 3.66. The number of rotatable bonds is 4. The van der Waals surface area contributed by atoms with E-state index in [-0.39, 0.29) is 30.1 Å². The Balaban J connectivity index is 1.49. The van der Waals surface area contributed by atoms with Gasteiger partial charge in [0.1, 0.15) is 31.1 Å². The summed E-state index contributed by atoms with van der Waals surface area (Å²) in [5, 5.41) is 0. The van der Waals surface area contributed by atoms with Crippen LogP contribution >= 0.6 is 0 Å². The number of nitrogens with zero attached hydrogens (tertiary/aromatic N) is 4. The molecule has 0 radical (unpaired) electrons. The molecule has 0 unspecified atom stereocenters. The summed E-state index contributed by atoms with van der Waals surface area (Å²) in [7, 11) is 0. The molecule has 3 fully saturated rings. The average molecular weight is 335 g/mol. The molecule has 2 aromatic heterocycles. The Morgan fingerprint density at radius 1 is 1.25 bits per heavy atom. The van der Waals surface area contributed by atoms with Crippen molar-refractivity contribution in [3.8, 4) is 6.01 Å². The van der Waals surface area contributed by atoms with Crippen LogP contribution in [0, 0.1) is 0 Å². The summed E-state index contributed by atoms with van der Waals surface area (Å²) in [6.07, 6.45) is 4.68. The Kier molecular flexibility index (Phi) is 3.14. The van der Waals surface area contributed by atoms with E-state index in [0.717, 1.165) is 25.7 Å². The second kappa shape index (κ2) is 5.25. The zero-order chi connectivity index (χ0) is 16.3. The highest BCUT2D eigenvalue weighted by Gasteiger charge is 2.59. The minimum absolute atomic E-state index is 0.132. The van der Waals surface area contributed by atoms with E-state index in [1.165, 1.54) is 0 Å². The third kappa shape index (κ3) is 2.15. The SMILES string of the molecule is Nc1nc(OC2CCCC2)nc2c1ncn2[C@@H]1O[C@H](CF)[C@H]2O[C@H]21. The molecule has 2 aliphatic heterocycles. The first kappa shape index (κ1) is 14.4. The van der Waals surface area contributed by atoms with E-state index < -0.39 is 19.0 Å². The van der Waals surface area contributed by atoms with Crippen molar-refractivity contribution >= 4 is 17.0 Å². The van der Waals surface area contributed by atoms with Gasteiger partial charge in [0, 0.05) is 0 Å². The molecule has 3 aliphatic rings. The van der Waals surface area contributed by atoms with E-state index >= 15 is 0 Å². The van der Waals surface area contributed by atoms with Crippen LogP contribution < -0.4 is 10.5 Å². The number of halogens is 1. The van der Waals surface area contributed by atoms with E-state index in [0.29, 0.717) is 11.2 Å². The van der Waals surface area contributed by atoms with Crippen molar-refractivity contribution in [1.82, 2.24) is 19.5 Å². The fourth-order valence-corrected chi connectivity index (χ4v) is 3.66. The number of alkyl halides is 1. The van der Waals surface area contributed by atoms with Crippen LogP contribution in [-0.4, -0.2) is 50.6 Å². The first-order valence-corrected chi connectivity index (χ1v) is 8.28. The Morgan fingerprint density at radius 2 is 2.08 bits per heavy atom. The highest BCUT2D eigenvalue weighted by atomic mass is 19.1. The van der Waals surface area contributed by atoms with Crippen molar-refractivity contribution in [3.05, 3.63) is 6.33 Å². The van der Waals surface area contributed by atoms with Crippen molar-refractivity contribution in [2.45, 2.75) is 56.3 Å². The van der Waals surface area contributed by atoms with Gasteiger partial charge in [0.05, 0.1) is 6.33 Å². The molecule has 0 amide bonds. The average Bonchev–Trinajstić information content (AvgIpc) is 2.92. The molecular weight excluding hydrogens is 317 g/mol. The van der Waals surface area contributed by atoms with Gasteiger partial charge in [-0.15, -0.1) is 0 Å². The highest BCUT2D eigenvalue weighted by molar-refractivity contribution is 5.82. The second-order valence-electron chi connectivity index (χ2n) is 6.52. The van der Waals surface area contributed by atoms with Crippen molar-refractivity contribution < 1.29 is 18.6 Å². The molecule has 24 heavy (non-hydrogen) atoms. The van der Waals surface area contributed by atoms with Gasteiger partial charge in [0.15, 0.2) is 23.2 Å². The Bertz CT molecular complexity index is 778. The maximum absolute atomic E-state index is 13.0. The lowest BCUT2D eigenvalue weighted by Crippen LogP contribution is -2.20. The van der Waals surface area contributed by atoms with E-state index in [2.05, 4.69) is 15.0 Å². The summed E-state index contributed by atoms with van der Waals surface area (Å²) in [5.41, 5.74) is 7.01. The van der Waals surface area contributed by atoms with Gasteiger partial charge >= 0.3 is 6.01 Å². The van der Waals surface area contributed by atoms with Crippen molar-refractivity contribution in [1.29, 1.82) is 0 Å². The molecule has 8 nitrogen and oxygen atoms in total. The van der Waals surface area contributed by atoms with E-state index in [9.17, 15) is 4.39 Å². The molecular formula is C15H18FN5O3. The van der Waals surface area contributed by atoms with Crippen LogP contribution in [0.5, 0.6) is 6.01 Å². The highest BCUT2D eigenvalue weighted by Crippen LogP contribution is 2.45. The second-order valence-corrected chi connectivity index (χ2v) is 6.52. The fraction of sp³-hybridized carbons (Fsp3) is 0.667. The van der Waals surface area contributed by atoms with Crippen LogP contribution in [0.4, 0.5) is 10.2 Å². The third-order valence-electron chi connectivity index (χ3n) is 4.95. The molecule has 128 valence electrons. The summed E-state index contributed by atoms with van der Waals surface area (Å²) >= 11 is 0. The Hall–Kier alpha value is -2.00. The Labute approximate surface area is 137 Å². The predicted octanol–water partition coefficient (Wildman–Crippen LogP) is 1.36. The smallest absolute Gasteiger partial charge is 0.320 e. The molecule has 2 aromatic rings. The number of epoxide rings is 1. The number of anilines is 1. The van der Waals surface area contributed by atoms with E-state index in [4.69, 9.17) is 19.9 Å². The normalized spacial score (nSPS) is 32.4. The zero-order valence-corrected chi connectivity index (χ0v) is 13.0. The maximum atomic E-state index is 13.0. The molecule has 5 rings (SSSR count). The molecule has 9 heteroatoms. The molecule has 1 saturated carbocycles. The number of imidazole rings is 1. The van der Waals surface area contributed by atoms with Crippen molar-refractivity contribution in [2.75, 3.05) is 12.4 Å². The lowest BCUT2D eigenvalue weighted by Gasteiger charge is -2.17. The van der Waals surface area contributed by atoms with Gasteiger partial charge in [0.2, 0.25) is 0 Å². The Morgan fingerprint density at radius 3 is 2.83 bits per heavy atom. The maximum Gasteiger partial charge on any atom is 0.320 e. The largest absolute Gasteiger partial charge is 0.460 e. The van der Waals surface area contributed by atoms with E-state index in [1.54, 1.807) is 10.9 Å². The standard InChI is InChI=1S/C15H18FN5O3/c16-5-8-10-11(24-10)14(23-8)21-6-18-9-12(17)19-15(20-13(9)21)22-7-3-1-2-4-7/h6-8,10-11,14H,1-5H2,(H2,17,19,20)/t8-,10-,11-,14-/m1/s1. The molecule has 4 atom stereocenters. The minimum atomic E-state index is -0.572. The minimum Gasteiger partial charge on any atom is -0.460 e. The van der Waals surface area contributed by atoms with Crippen LogP contribution in [0.1, 0.15) is 31.9 Å². The van der Waals surface area contributed by atoms with Gasteiger partial charge in [-0.1, -0.05) is 0 Å². The number of hydrogen-bond donors (Lipinski definition) is 1. The van der Waals surface area contributed by atoms with Gasteiger partial charge < -0.3 is 19.9 Å². The van der Waals surface area contributed by atoms with Crippen LogP contribution in [0.3, 0.4) is 0 Å². The van der Waals surface area contributed by atoms with Gasteiger partial charge in [-0.3, -0.25) is 4.57 Å². The summed E-state index contributed by atoms with van der Waals surface area (Å²) in [4.78, 5) is 12.9. The molecule has 0 spiro atoms. The quantitative estimate of drug-likeness (QED) is 0.842. The monoisotopic (exact) mass is 335 g/mol. The van der Waals surface area contributed by atoms with Gasteiger partial charge in [-0.05, 0) is 25.7 Å². The van der Waals surface area contributed by atoms with Crippen LogP contribution in [0.2, 0.25) is 0 Å². The molecule has 2 saturated heterocycles. The van der Waals surface area contributed by atoms with E-state index in [1.807, 2.05) is 0 Å². The molecule has 4 heterocycles. The number of hydrogen-bond acceptors (Lipinski definition) is 7. The lowest BCUT2D eigenvalue weighted by molar-refractivity contribution is -0.0721. The molecule has 1 aliphatic carbocycles. The molecule has 2 N–H and O–H groups in total. The summed E-state index contributed by atoms with van der Waals surface area (Å²) in [5.74, 6) is 0.264. The van der Waals surface area contributed by atoms with Crippen LogP contribution in [-0.2, 0) is 9.47 Å².